The molecule has 1 aromatic rings. The Morgan fingerprint density at radius 2 is 2.22 bits per heavy atom. The van der Waals surface area contributed by atoms with Crippen LogP contribution in [0.15, 0.2) is 12.1 Å². The molecule has 0 saturated carbocycles. The molecule has 8 heteroatoms. The van der Waals surface area contributed by atoms with Crippen LogP contribution >= 0.6 is 11.3 Å². The average molecular weight is 272 g/mol. The molecule has 0 bridgehead atoms. The Bertz CT molecular complexity index is 471. The number of hydrogen-bond donors (Lipinski definition) is 1. The third kappa shape index (κ3) is 3.52. The number of nitro groups is 1. The molecule has 0 aliphatic heterocycles. The van der Waals surface area contributed by atoms with Crippen LogP contribution in [0.2, 0.25) is 0 Å². The fourth-order valence-corrected chi connectivity index (χ4v) is 1.83. The third-order valence-electron chi connectivity index (χ3n) is 1.98. The molecule has 0 saturated heterocycles. The van der Waals surface area contributed by atoms with Crippen molar-refractivity contribution in [2.75, 3.05) is 6.54 Å². The average Bonchev–Trinajstić information content (AvgIpc) is 2.78. The predicted molar refractivity (Wildman–Crippen MR) is 64.5 cm³/mol. The quantitative estimate of drug-likeness (QED) is 0.495. The minimum Gasteiger partial charge on any atom is -0.448 e. The summed E-state index contributed by atoms with van der Waals surface area (Å²) in [5.74, 6) is -1.15. The van der Waals surface area contributed by atoms with Crippen molar-refractivity contribution in [3.8, 4) is 0 Å². The van der Waals surface area contributed by atoms with Gasteiger partial charge in [0.15, 0.2) is 6.10 Å². The molecular weight excluding hydrogens is 260 g/mol. The molecule has 98 valence electrons. The molecule has 1 aromatic heterocycles. The largest absolute Gasteiger partial charge is 0.448 e. The van der Waals surface area contributed by atoms with Crippen LogP contribution in [0.1, 0.15) is 23.5 Å². The van der Waals surface area contributed by atoms with Crippen LogP contribution in [0.25, 0.3) is 0 Å². The summed E-state index contributed by atoms with van der Waals surface area (Å²) in [6.45, 7) is 3.62. The van der Waals surface area contributed by atoms with Gasteiger partial charge in [0.25, 0.3) is 5.91 Å². The highest BCUT2D eigenvalue weighted by atomic mass is 32.1. The van der Waals surface area contributed by atoms with Crippen LogP contribution in [0, 0.1) is 10.1 Å². The van der Waals surface area contributed by atoms with E-state index in [1.54, 1.807) is 6.92 Å². The fourth-order valence-electron chi connectivity index (χ4n) is 1.13. The lowest BCUT2D eigenvalue weighted by Crippen LogP contribution is -2.35. The lowest BCUT2D eigenvalue weighted by molar-refractivity contribution is -0.380. The standard InChI is InChI=1S/C10H12N2O5S/c1-3-11-9(13)6(2)17-10(14)7-4-5-8(18-7)12(15)16/h4-6H,3H2,1-2H3,(H,11,13)/t6-/m0/s1. The van der Waals surface area contributed by atoms with Gasteiger partial charge in [0.1, 0.15) is 4.88 Å². The molecule has 1 amide bonds. The molecular formula is C10H12N2O5S. The summed E-state index contributed by atoms with van der Waals surface area (Å²) in [7, 11) is 0. The summed E-state index contributed by atoms with van der Waals surface area (Å²) in [5, 5.41) is 12.8. The van der Waals surface area contributed by atoms with Crippen molar-refractivity contribution in [1.82, 2.24) is 5.32 Å². The van der Waals surface area contributed by atoms with Crippen LogP contribution in [0.3, 0.4) is 0 Å². The van der Waals surface area contributed by atoms with E-state index in [0.29, 0.717) is 17.9 Å². The first-order valence-corrected chi connectivity index (χ1v) is 6.00. The van der Waals surface area contributed by atoms with Crippen molar-refractivity contribution in [1.29, 1.82) is 0 Å². The summed E-state index contributed by atoms with van der Waals surface area (Å²) in [4.78, 5) is 32.9. The highest BCUT2D eigenvalue weighted by molar-refractivity contribution is 7.17. The van der Waals surface area contributed by atoms with Crippen LogP contribution in [-0.4, -0.2) is 29.4 Å². The number of hydrogen-bond acceptors (Lipinski definition) is 6. The number of thiophene rings is 1. The monoisotopic (exact) mass is 272 g/mol. The van der Waals surface area contributed by atoms with E-state index < -0.39 is 22.9 Å². The number of esters is 1. The van der Waals surface area contributed by atoms with Crippen molar-refractivity contribution < 1.29 is 19.2 Å². The third-order valence-corrected chi connectivity index (χ3v) is 2.99. The molecule has 0 aliphatic carbocycles. The zero-order valence-corrected chi connectivity index (χ0v) is 10.7. The Morgan fingerprint density at radius 1 is 1.56 bits per heavy atom. The number of likely N-dealkylation sites (N-methyl/N-ethyl adjacent to an activating group) is 1. The van der Waals surface area contributed by atoms with Crippen molar-refractivity contribution in [2.24, 2.45) is 0 Å². The van der Waals surface area contributed by atoms with Crippen LogP contribution in [0.5, 0.6) is 0 Å². The van der Waals surface area contributed by atoms with Gasteiger partial charge in [0.05, 0.1) is 4.92 Å². The molecule has 0 fully saturated rings. The number of amides is 1. The zero-order chi connectivity index (χ0) is 13.7. The van der Waals surface area contributed by atoms with Gasteiger partial charge >= 0.3 is 11.0 Å². The molecule has 1 N–H and O–H groups in total. The van der Waals surface area contributed by atoms with E-state index in [2.05, 4.69) is 5.32 Å². The first kappa shape index (κ1) is 14.1. The summed E-state index contributed by atoms with van der Waals surface area (Å²) >= 11 is 0.711. The Labute approximate surface area is 107 Å². The van der Waals surface area contributed by atoms with Gasteiger partial charge in [0, 0.05) is 12.6 Å². The van der Waals surface area contributed by atoms with Gasteiger partial charge in [-0.15, -0.1) is 0 Å². The number of carbonyl (C=O) groups is 2. The van der Waals surface area contributed by atoms with Crippen LogP contribution in [-0.2, 0) is 9.53 Å². The second kappa shape index (κ2) is 6.10. The smallest absolute Gasteiger partial charge is 0.349 e. The summed E-state index contributed by atoms with van der Waals surface area (Å²) < 4.78 is 4.88. The summed E-state index contributed by atoms with van der Waals surface area (Å²) in [6, 6.07) is 2.52. The van der Waals surface area contributed by atoms with E-state index >= 15 is 0 Å². The maximum absolute atomic E-state index is 11.6. The molecule has 1 rings (SSSR count). The lowest BCUT2D eigenvalue weighted by atomic mass is 10.3. The molecule has 1 atom stereocenters. The SMILES string of the molecule is CCNC(=O)[C@H](C)OC(=O)c1ccc([N+](=O)[O-])s1. The summed E-state index contributed by atoms with van der Waals surface area (Å²) in [5.41, 5.74) is 0. The van der Waals surface area contributed by atoms with Gasteiger partial charge < -0.3 is 10.1 Å². The highest BCUT2D eigenvalue weighted by Crippen LogP contribution is 2.24. The number of rotatable bonds is 5. The molecule has 18 heavy (non-hydrogen) atoms. The highest BCUT2D eigenvalue weighted by Gasteiger charge is 2.21. The number of ether oxygens (including phenoxy) is 1. The minimum absolute atomic E-state index is 0.0952. The predicted octanol–water partition coefficient (Wildman–Crippen LogP) is 1.34. The molecule has 0 radical (unpaired) electrons. The van der Waals surface area contributed by atoms with Gasteiger partial charge in [-0.25, -0.2) is 4.79 Å². The normalized spacial score (nSPS) is 11.7. The van der Waals surface area contributed by atoms with E-state index in [1.165, 1.54) is 19.1 Å². The van der Waals surface area contributed by atoms with Gasteiger partial charge in [-0.05, 0) is 19.9 Å². The Kier molecular flexibility index (Phi) is 4.78. The molecule has 7 nitrogen and oxygen atoms in total. The van der Waals surface area contributed by atoms with E-state index in [9.17, 15) is 19.7 Å². The van der Waals surface area contributed by atoms with Crippen molar-refractivity contribution in [3.05, 3.63) is 27.1 Å². The maximum atomic E-state index is 11.6. The number of nitrogens with one attached hydrogen (secondary N) is 1. The fraction of sp³-hybridized carbons (Fsp3) is 0.400. The van der Waals surface area contributed by atoms with Crippen molar-refractivity contribution in [3.63, 3.8) is 0 Å². The van der Waals surface area contributed by atoms with Gasteiger partial charge in [-0.1, -0.05) is 11.3 Å². The lowest BCUT2D eigenvalue weighted by Gasteiger charge is -2.11. The second-order valence-corrected chi connectivity index (χ2v) is 4.40. The van der Waals surface area contributed by atoms with Crippen molar-refractivity contribution >= 4 is 28.2 Å². The Morgan fingerprint density at radius 3 is 2.72 bits per heavy atom. The molecule has 0 aliphatic rings. The molecule has 0 spiro atoms. The van der Waals surface area contributed by atoms with Gasteiger partial charge in [0.2, 0.25) is 0 Å². The van der Waals surface area contributed by atoms with E-state index in [-0.39, 0.29) is 9.88 Å². The van der Waals surface area contributed by atoms with E-state index in [1.807, 2.05) is 0 Å². The Hall–Kier alpha value is -1.96. The van der Waals surface area contributed by atoms with E-state index in [0.717, 1.165) is 0 Å². The summed E-state index contributed by atoms with van der Waals surface area (Å²) in [6.07, 6.45) is -0.932. The molecule has 1 heterocycles. The molecule has 0 unspecified atom stereocenters. The van der Waals surface area contributed by atoms with Gasteiger partial charge in [-0.3, -0.25) is 14.9 Å². The first-order valence-electron chi connectivity index (χ1n) is 5.18. The Balaban J connectivity index is 2.64. The van der Waals surface area contributed by atoms with Crippen molar-refractivity contribution in [2.45, 2.75) is 20.0 Å². The zero-order valence-electron chi connectivity index (χ0n) is 9.84. The number of nitrogens with zero attached hydrogens (tertiary/aromatic N) is 1. The maximum Gasteiger partial charge on any atom is 0.349 e. The minimum atomic E-state index is -0.932. The second-order valence-electron chi connectivity index (χ2n) is 3.34. The topological polar surface area (TPSA) is 98.5 Å². The van der Waals surface area contributed by atoms with E-state index in [4.69, 9.17) is 4.74 Å². The molecule has 0 aromatic carbocycles. The van der Waals surface area contributed by atoms with Crippen LogP contribution in [0.4, 0.5) is 5.00 Å². The van der Waals surface area contributed by atoms with Gasteiger partial charge in [-0.2, -0.15) is 0 Å². The first-order chi connectivity index (χ1) is 8.45. The number of carbonyl (C=O) groups excluding carboxylic acids is 2. The van der Waals surface area contributed by atoms with Crippen LogP contribution < -0.4 is 5.32 Å².